The number of aryl methyl sites for hydroxylation is 1. The topological polar surface area (TPSA) is 26.3 Å². The van der Waals surface area contributed by atoms with Crippen molar-refractivity contribution in [2.24, 2.45) is 0 Å². The maximum Gasteiger partial charge on any atom is 0.163 e. The summed E-state index contributed by atoms with van der Waals surface area (Å²) < 4.78 is 6.03. The third-order valence-electron chi connectivity index (χ3n) is 3.72. The lowest BCUT2D eigenvalue weighted by molar-refractivity contribution is 0.101. The number of rotatable bonds is 4. The molecule has 0 aromatic heterocycles. The number of carbonyl (C=O) groups excluding carboxylic acids is 1. The van der Waals surface area contributed by atoms with E-state index in [0.29, 0.717) is 17.9 Å². The Morgan fingerprint density at radius 1 is 1.00 bits per heavy atom. The molecular weight excluding hydrogens is 272 g/mol. The molecule has 0 fully saturated rings. The lowest BCUT2D eigenvalue weighted by Gasteiger charge is -2.13. The van der Waals surface area contributed by atoms with E-state index in [1.807, 2.05) is 48.5 Å². The predicted molar refractivity (Wildman–Crippen MR) is 89.5 cm³/mol. The minimum atomic E-state index is 0.0185. The van der Waals surface area contributed by atoms with E-state index in [4.69, 9.17) is 4.74 Å². The summed E-state index contributed by atoms with van der Waals surface area (Å²) in [5.41, 5.74) is 2.93. The van der Waals surface area contributed by atoms with Gasteiger partial charge >= 0.3 is 0 Å². The number of hydrogen-bond donors (Lipinski definition) is 0. The average molecular weight is 290 g/mol. The van der Waals surface area contributed by atoms with E-state index in [2.05, 4.69) is 19.1 Å². The standard InChI is InChI=1S/C20H18O2/c1-14-6-5-7-16(12-14)13-22-20-18(15(2)21)11-10-17-8-3-4-9-19(17)20/h3-12H,13H2,1-2H3. The highest BCUT2D eigenvalue weighted by molar-refractivity contribution is 6.03. The van der Waals surface area contributed by atoms with Crippen LogP contribution in [0.5, 0.6) is 5.75 Å². The molecule has 0 heterocycles. The van der Waals surface area contributed by atoms with Crippen LogP contribution in [-0.2, 0) is 6.61 Å². The maximum absolute atomic E-state index is 11.9. The molecule has 0 atom stereocenters. The van der Waals surface area contributed by atoms with Crippen LogP contribution in [0, 0.1) is 6.92 Å². The lowest BCUT2D eigenvalue weighted by Crippen LogP contribution is -2.02. The molecule has 2 heteroatoms. The van der Waals surface area contributed by atoms with E-state index in [1.54, 1.807) is 6.92 Å². The second-order valence-corrected chi connectivity index (χ2v) is 5.50. The Morgan fingerprint density at radius 2 is 1.82 bits per heavy atom. The number of carbonyl (C=O) groups is 1. The van der Waals surface area contributed by atoms with Crippen molar-refractivity contribution in [2.45, 2.75) is 20.5 Å². The fourth-order valence-electron chi connectivity index (χ4n) is 2.63. The molecule has 3 rings (SSSR count). The summed E-state index contributed by atoms with van der Waals surface area (Å²) in [6.45, 7) is 4.09. The predicted octanol–water partition coefficient (Wildman–Crippen LogP) is 4.93. The Morgan fingerprint density at radius 3 is 2.59 bits per heavy atom. The summed E-state index contributed by atoms with van der Waals surface area (Å²) in [7, 11) is 0. The summed E-state index contributed by atoms with van der Waals surface area (Å²) in [5.74, 6) is 0.692. The number of Topliss-reactive ketones (excluding diaryl/α,β-unsaturated/α-hetero) is 1. The fraction of sp³-hybridized carbons (Fsp3) is 0.150. The normalized spacial score (nSPS) is 10.6. The summed E-state index contributed by atoms with van der Waals surface area (Å²) in [4.78, 5) is 11.9. The lowest BCUT2D eigenvalue weighted by atomic mass is 10.0. The van der Waals surface area contributed by atoms with Gasteiger partial charge in [-0.05, 0) is 30.9 Å². The van der Waals surface area contributed by atoms with Gasteiger partial charge in [0.05, 0.1) is 5.56 Å². The molecule has 0 aliphatic heterocycles. The van der Waals surface area contributed by atoms with Crippen molar-refractivity contribution in [3.05, 3.63) is 77.4 Å². The highest BCUT2D eigenvalue weighted by atomic mass is 16.5. The van der Waals surface area contributed by atoms with Crippen molar-refractivity contribution in [1.82, 2.24) is 0 Å². The van der Waals surface area contributed by atoms with Gasteiger partial charge in [-0.25, -0.2) is 0 Å². The van der Waals surface area contributed by atoms with E-state index in [9.17, 15) is 4.79 Å². The quantitative estimate of drug-likeness (QED) is 0.637. The number of ketones is 1. The average Bonchev–Trinajstić information content (AvgIpc) is 2.52. The molecule has 0 amide bonds. The van der Waals surface area contributed by atoms with Crippen LogP contribution >= 0.6 is 0 Å². The first-order valence-electron chi connectivity index (χ1n) is 7.36. The molecule has 0 saturated carbocycles. The van der Waals surface area contributed by atoms with Gasteiger partial charge in [-0.1, -0.05) is 60.2 Å². The molecule has 3 aromatic rings. The van der Waals surface area contributed by atoms with Crippen LogP contribution in [0.15, 0.2) is 60.7 Å². The van der Waals surface area contributed by atoms with Crippen LogP contribution in [0.25, 0.3) is 10.8 Å². The molecule has 110 valence electrons. The van der Waals surface area contributed by atoms with E-state index in [0.717, 1.165) is 16.3 Å². The molecule has 0 saturated heterocycles. The Balaban J connectivity index is 2.00. The molecule has 0 aliphatic rings. The fourth-order valence-corrected chi connectivity index (χ4v) is 2.63. The van der Waals surface area contributed by atoms with Crippen molar-refractivity contribution in [3.8, 4) is 5.75 Å². The monoisotopic (exact) mass is 290 g/mol. The third kappa shape index (κ3) is 2.86. The Kier molecular flexibility index (Phi) is 3.92. The molecule has 0 bridgehead atoms. The summed E-state index contributed by atoms with van der Waals surface area (Å²) in [6, 6.07) is 20.0. The number of benzene rings is 3. The van der Waals surface area contributed by atoms with Crippen molar-refractivity contribution < 1.29 is 9.53 Å². The maximum atomic E-state index is 11.9. The zero-order valence-electron chi connectivity index (χ0n) is 12.8. The molecule has 0 radical (unpaired) electrons. The summed E-state index contributed by atoms with van der Waals surface area (Å²) >= 11 is 0. The van der Waals surface area contributed by atoms with Crippen LogP contribution < -0.4 is 4.74 Å². The highest BCUT2D eigenvalue weighted by Gasteiger charge is 2.12. The van der Waals surface area contributed by atoms with Crippen molar-refractivity contribution >= 4 is 16.6 Å². The number of fused-ring (bicyclic) bond motifs is 1. The number of ether oxygens (including phenoxy) is 1. The van der Waals surface area contributed by atoms with Crippen LogP contribution in [0.2, 0.25) is 0 Å². The molecule has 0 N–H and O–H groups in total. The van der Waals surface area contributed by atoms with Gasteiger partial charge in [0, 0.05) is 5.39 Å². The summed E-state index contributed by atoms with van der Waals surface area (Å²) in [6.07, 6.45) is 0. The third-order valence-corrected chi connectivity index (χ3v) is 3.72. The minimum absolute atomic E-state index is 0.0185. The van der Waals surface area contributed by atoms with Gasteiger partial charge in [-0.3, -0.25) is 4.79 Å². The van der Waals surface area contributed by atoms with E-state index in [1.165, 1.54) is 5.56 Å². The molecule has 0 spiro atoms. The molecule has 0 aliphatic carbocycles. The van der Waals surface area contributed by atoms with Crippen LogP contribution in [-0.4, -0.2) is 5.78 Å². The molecule has 2 nitrogen and oxygen atoms in total. The first kappa shape index (κ1) is 14.3. The Bertz CT molecular complexity index is 834. The van der Waals surface area contributed by atoms with Gasteiger partial charge in [0.15, 0.2) is 5.78 Å². The first-order valence-corrected chi connectivity index (χ1v) is 7.36. The van der Waals surface area contributed by atoms with Gasteiger partial charge in [-0.15, -0.1) is 0 Å². The van der Waals surface area contributed by atoms with Gasteiger partial charge in [0.1, 0.15) is 12.4 Å². The molecule has 22 heavy (non-hydrogen) atoms. The van der Waals surface area contributed by atoms with E-state index >= 15 is 0 Å². The highest BCUT2D eigenvalue weighted by Crippen LogP contribution is 2.31. The van der Waals surface area contributed by atoms with Gasteiger partial charge in [0.25, 0.3) is 0 Å². The SMILES string of the molecule is CC(=O)c1ccc2ccccc2c1OCc1cccc(C)c1. The Labute approximate surface area is 130 Å². The van der Waals surface area contributed by atoms with E-state index < -0.39 is 0 Å². The van der Waals surface area contributed by atoms with Crippen molar-refractivity contribution in [1.29, 1.82) is 0 Å². The molecule has 0 unspecified atom stereocenters. The zero-order valence-corrected chi connectivity index (χ0v) is 12.8. The van der Waals surface area contributed by atoms with Gasteiger partial charge < -0.3 is 4.74 Å². The molecular formula is C20H18O2. The van der Waals surface area contributed by atoms with Crippen molar-refractivity contribution in [3.63, 3.8) is 0 Å². The van der Waals surface area contributed by atoms with Gasteiger partial charge in [0.2, 0.25) is 0 Å². The smallest absolute Gasteiger partial charge is 0.163 e. The summed E-state index contributed by atoms with van der Waals surface area (Å²) in [5, 5.41) is 2.05. The first-order chi connectivity index (χ1) is 10.6. The van der Waals surface area contributed by atoms with Gasteiger partial charge in [-0.2, -0.15) is 0 Å². The molecule has 3 aromatic carbocycles. The van der Waals surface area contributed by atoms with Crippen LogP contribution in [0.4, 0.5) is 0 Å². The second kappa shape index (κ2) is 6.02. The number of hydrogen-bond acceptors (Lipinski definition) is 2. The minimum Gasteiger partial charge on any atom is -0.487 e. The largest absolute Gasteiger partial charge is 0.487 e. The Hall–Kier alpha value is -2.61. The van der Waals surface area contributed by atoms with Crippen molar-refractivity contribution in [2.75, 3.05) is 0 Å². The zero-order chi connectivity index (χ0) is 15.5. The van der Waals surface area contributed by atoms with Crippen LogP contribution in [0.1, 0.15) is 28.4 Å². The van der Waals surface area contributed by atoms with E-state index in [-0.39, 0.29) is 5.78 Å². The van der Waals surface area contributed by atoms with Crippen LogP contribution in [0.3, 0.4) is 0 Å². The second-order valence-electron chi connectivity index (χ2n) is 5.50.